The first-order valence-corrected chi connectivity index (χ1v) is 7.32. The molecule has 0 amide bonds. The molecule has 5 nitrogen and oxygen atoms in total. The minimum absolute atomic E-state index is 0.252. The number of rotatable bonds is 5. The second kappa shape index (κ2) is 5.18. The maximum atomic E-state index is 11.6. The molecule has 0 saturated heterocycles. The van der Waals surface area contributed by atoms with Crippen LogP contribution in [0.1, 0.15) is 32.6 Å². The van der Waals surface area contributed by atoms with Gasteiger partial charge in [0.1, 0.15) is 5.54 Å². The van der Waals surface area contributed by atoms with E-state index in [0.717, 1.165) is 12.8 Å². The van der Waals surface area contributed by atoms with Crippen LogP contribution in [0.5, 0.6) is 0 Å². The van der Waals surface area contributed by atoms with Gasteiger partial charge in [0.25, 0.3) is 0 Å². The number of nitrogens with one attached hydrogen (secondary N) is 1. The van der Waals surface area contributed by atoms with E-state index in [-0.39, 0.29) is 5.75 Å². The molecule has 0 heterocycles. The third-order valence-electron chi connectivity index (χ3n) is 3.23. The average molecular weight is 261 g/mol. The van der Waals surface area contributed by atoms with Crippen molar-refractivity contribution >= 4 is 16.0 Å². The number of hydrogen-bond acceptors (Lipinski definition) is 3. The predicted molar refractivity (Wildman–Crippen MR) is 65.1 cm³/mol. The summed E-state index contributed by atoms with van der Waals surface area (Å²) in [6.07, 6.45) is 3.40. The Kier molecular flexibility index (Phi) is 4.32. The van der Waals surface area contributed by atoms with Crippen molar-refractivity contribution in [1.29, 1.82) is 0 Å². The third-order valence-corrected chi connectivity index (χ3v) is 4.60. The lowest BCUT2D eigenvalue weighted by molar-refractivity contribution is -0.145. The fourth-order valence-corrected chi connectivity index (χ4v) is 3.39. The lowest BCUT2D eigenvalue weighted by atomic mass is 9.78. The van der Waals surface area contributed by atoms with E-state index in [4.69, 9.17) is 0 Å². The zero-order valence-corrected chi connectivity index (χ0v) is 10.8. The molecule has 1 aliphatic rings. The monoisotopic (exact) mass is 261 g/mol. The van der Waals surface area contributed by atoms with Gasteiger partial charge in [0.2, 0.25) is 10.0 Å². The summed E-state index contributed by atoms with van der Waals surface area (Å²) in [6.45, 7) is 5.40. The molecule has 0 radical (unpaired) electrons. The number of carbonyl (C=O) groups is 1. The molecule has 17 heavy (non-hydrogen) atoms. The van der Waals surface area contributed by atoms with Gasteiger partial charge in [-0.1, -0.05) is 13.0 Å². The highest BCUT2D eigenvalue weighted by atomic mass is 32.2. The fourth-order valence-electron chi connectivity index (χ4n) is 2.11. The predicted octanol–water partition coefficient (Wildman–Crippen LogP) is 1.13. The standard InChI is InChI=1S/C11H19NO4S/c1-3-8-17(15,16)12-11(10(13)14)6-4-9(2)5-7-11/h3,9,12H,1,4-8H2,2H3,(H,13,14). The van der Waals surface area contributed by atoms with Crippen LogP contribution in [-0.2, 0) is 14.8 Å². The number of sulfonamides is 1. The molecule has 0 aromatic carbocycles. The van der Waals surface area contributed by atoms with Crippen LogP contribution in [0.2, 0.25) is 0 Å². The van der Waals surface area contributed by atoms with Crippen molar-refractivity contribution in [1.82, 2.24) is 4.72 Å². The largest absolute Gasteiger partial charge is 0.480 e. The van der Waals surface area contributed by atoms with Gasteiger partial charge in [-0.2, -0.15) is 4.72 Å². The van der Waals surface area contributed by atoms with Gasteiger partial charge in [-0.05, 0) is 31.6 Å². The van der Waals surface area contributed by atoms with Gasteiger partial charge in [0, 0.05) is 0 Å². The molecular formula is C11H19NO4S. The zero-order valence-electron chi connectivity index (χ0n) is 9.98. The summed E-state index contributed by atoms with van der Waals surface area (Å²) in [5, 5.41) is 9.25. The van der Waals surface area contributed by atoms with Gasteiger partial charge in [-0.25, -0.2) is 8.42 Å². The lowest BCUT2D eigenvalue weighted by Gasteiger charge is -2.35. The first-order chi connectivity index (χ1) is 7.81. The minimum Gasteiger partial charge on any atom is -0.480 e. The summed E-state index contributed by atoms with van der Waals surface area (Å²) in [6, 6.07) is 0. The normalized spacial score (nSPS) is 29.8. The summed E-state index contributed by atoms with van der Waals surface area (Å²) in [4.78, 5) is 11.3. The molecule has 0 spiro atoms. The van der Waals surface area contributed by atoms with E-state index in [1.807, 2.05) is 6.92 Å². The summed E-state index contributed by atoms with van der Waals surface area (Å²) in [7, 11) is -3.60. The number of carboxylic acids is 1. The SMILES string of the molecule is C=CCS(=O)(=O)NC1(C(=O)O)CCC(C)CC1. The Bertz CT molecular complexity index is 394. The van der Waals surface area contributed by atoms with E-state index in [9.17, 15) is 18.3 Å². The molecule has 1 saturated carbocycles. The van der Waals surface area contributed by atoms with Crippen molar-refractivity contribution in [3.63, 3.8) is 0 Å². The Morgan fingerprint density at radius 3 is 2.47 bits per heavy atom. The average Bonchev–Trinajstić information content (AvgIpc) is 2.21. The van der Waals surface area contributed by atoms with Crippen LogP contribution in [-0.4, -0.2) is 30.8 Å². The van der Waals surface area contributed by atoms with Crippen LogP contribution in [0.25, 0.3) is 0 Å². The Balaban J connectivity index is 2.87. The van der Waals surface area contributed by atoms with Crippen molar-refractivity contribution in [3.05, 3.63) is 12.7 Å². The molecule has 1 aliphatic carbocycles. The Morgan fingerprint density at radius 2 is 2.06 bits per heavy atom. The van der Waals surface area contributed by atoms with Crippen LogP contribution in [0.4, 0.5) is 0 Å². The number of carboxylic acid groups (broad SMARTS) is 1. The smallest absolute Gasteiger partial charge is 0.324 e. The van der Waals surface area contributed by atoms with Crippen LogP contribution in [0, 0.1) is 5.92 Å². The molecular weight excluding hydrogens is 242 g/mol. The lowest BCUT2D eigenvalue weighted by Crippen LogP contribution is -2.56. The van der Waals surface area contributed by atoms with Crippen LogP contribution < -0.4 is 4.72 Å². The quantitative estimate of drug-likeness (QED) is 0.727. The van der Waals surface area contributed by atoms with Gasteiger partial charge < -0.3 is 5.11 Å². The molecule has 0 aromatic heterocycles. The zero-order chi connectivity index (χ0) is 13.1. The highest BCUT2D eigenvalue weighted by molar-refractivity contribution is 7.89. The van der Waals surface area contributed by atoms with E-state index < -0.39 is 21.5 Å². The molecule has 0 aliphatic heterocycles. The molecule has 0 atom stereocenters. The van der Waals surface area contributed by atoms with E-state index in [1.54, 1.807) is 0 Å². The van der Waals surface area contributed by atoms with Gasteiger partial charge in [0.05, 0.1) is 5.75 Å². The number of hydrogen-bond donors (Lipinski definition) is 2. The van der Waals surface area contributed by atoms with Crippen molar-refractivity contribution in [2.24, 2.45) is 5.92 Å². The molecule has 0 bridgehead atoms. The fraction of sp³-hybridized carbons (Fsp3) is 0.727. The van der Waals surface area contributed by atoms with Crippen molar-refractivity contribution in [3.8, 4) is 0 Å². The summed E-state index contributed by atoms with van der Waals surface area (Å²) < 4.78 is 25.6. The van der Waals surface area contributed by atoms with Gasteiger partial charge in [0.15, 0.2) is 0 Å². The van der Waals surface area contributed by atoms with Gasteiger partial charge >= 0.3 is 5.97 Å². The maximum Gasteiger partial charge on any atom is 0.324 e. The van der Waals surface area contributed by atoms with Crippen molar-refractivity contribution < 1.29 is 18.3 Å². The molecule has 98 valence electrons. The highest BCUT2D eigenvalue weighted by Gasteiger charge is 2.43. The Labute approximate surface area is 102 Å². The van der Waals surface area contributed by atoms with E-state index in [0.29, 0.717) is 18.8 Å². The maximum absolute atomic E-state index is 11.6. The molecule has 0 aromatic rings. The first kappa shape index (κ1) is 14.2. The van der Waals surface area contributed by atoms with Crippen molar-refractivity contribution in [2.75, 3.05) is 5.75 Å². The Hall–Kier alpha value is -0.880. The summed E-state index contributed by atoms with van der Waals surface area (Å²) in [5.74, 6) is -0.888. The Morgan fingerprint density at radius 1 is 1.53 bits per heavy atom. The molecule has 1 fully saturated rings. The molecule has 0 unspecified atom stereocenters. The first-order valence-electron chi connectivity index (χ1n) is 5.67. The highest BCUT2D eigenvalue weighted by Crippen LogP contribution is 2.32. The molecule has 2 N–H and O–H groups in total. The van der Waals surface area contributed by atoms with E-state index in [2.05, 4.69) is 11.3 Å². The van der Waals surface area contributed by atoms with Crippen LogP contribution in [0.3, 0.4) is 0 Å². The van der Waals surface area contributed by atoms with Crippen LogP contribution in [0.15, 0.2) is 12.7 Å². The second-order valence-electron chi connectivity index (χ2n) is 4.74. The van der Waals surface area contributed by atoms with Gasteiger partial charge in [-0.3, -0.25) is 4.79 Å². The minimum atomic E-state index is -3.60. The summed E-state index contributed by atoms with van der Waals surface area (Å²) >= 11 is 0. The van der Waals surface area contributed by atoms with E-state index in [1.165, 1.54) is 6.08 Å². The van der Waals surface area contributed by atoms with Crippen LogP contribution >= 0.6 is 0 Å². The van der Waals surface area contributed by atoms with Crippen molar-refractivity contribution in [2.45, 2.75) is 38.1 Å². The van der Waals surface area contributed by atoms with Gasteiger partial charge in [-0.15, -0.1) is 6.58 Å². The topological polar surface area (TPSA) is 83.5 Å². The summed E-state index contributed by atoms with van der Waals surface area (Å²) in [5.41, 5.74) is -1.33. The third kappa shape index (κ3) is 3.54. The molecule has 6 heteroatoms. The number of aliphatic carboxylic acids is 1. The molecule has 1 rings (SSSR count). The van der Waals surface area contributed by atoms with E-state index >= 15 is 0 Å². The second-order valence-corrected chi connectivity index (χ2v) is 6.51.